The van der Waals surface area contributed by atoms with Crippen molar-refractivity contribution in [2.45, 2.75) is 20.3 Å². The zero-order valence-corrected chi connectivity index (χ0v) is 16.9. The Kier molecular flexibility index (Phi) is 6.53. The Morgan fingerprint density at radius 3 is 2.48 bits per heavy atom. The fraction of sp³-hybridized carbons (Fsp3) is 0.238. The number of para-hydroxylation sites is 1. The predicted octanol–water partition coefficient (Wildman–Crippen LogP) is 4.64. The predicted molar refractivity (Wildman–Crippen MR) is 114 cm³/mol. The number of amides is 1. The van der Waals surface area contributed by atoms with Crippen molar-refractivity contribution in [1.82, 2.24) is 5.32 Å². The fourth-order valence-corrected chi connectivity index (χ4v) is 3.63. The molecule has 27 heavy (non-hydrogen) atoms. The van der Waals surface area contributed by atoms with E-state index in [1.807, 2.05) is 36.4 Å². The highest BCUT2D eigenvalue weighted by atomic mass is 32.2. The molecule has 140 valence electrons. The van der Waals surface area contributed by atoms with Gasteiger partial charge in [-0.25, -0.2) is 0 Å². The summed E-state index contributed by atoms with van der Waals surface area (Å²) in [7, 11) is 0. The molecule has 0 spiro atoms. The van der Waals surface area contributed by atoms with Gasteiger partial charge >= 0.3 is 0 Å². The van der Waals surface area contributed by atoms with Crippen molar-refractivity contribution in [1.29, 1.82) is 0 Å². The smallest absolute Gasteiger partial charge is 0.263 e. The van der Waals surface area contributed by atoms with Gasteiger partial charge < -0.3 is 14.8 Å². The molecule has 0 saturated carbocycles. The van der Waals surface area contributed by atoms with E-state index in [0.29, 0.717) is 22.4 Å². The number of aryl methyl sites for hydroxylation is 1. The number of hydrogen-bond donors (Lipinski definition) is 1. The summed E-state index contributed by atoms with van der Waals surface area (Å²) >= 11 is 6.29. The van der Waals surface area contributed by atoms with Crippen LogP contribution in [0, 0.1) is 13.8 Å². The van der Waals surface area contributed by atoms with Crippen LogP contribution >= 0.6 is 24.0 Å². The molecule has 0 aliphatic carbocycles. The zero-order valence-electron chi connectivity index (χ0n) is 15.3. The lowest BCUT2D eigenvalue weighted by Crippen LogP contribution is -2.17. The van der Waals surface area contributed by atoms with E-state index in [4.69, 9.17) is 21.7 Å². The average molecular weight is 400 g/mol. The maximum atomic E-state index is 11.8. The number of thiocarbonyl (C=S) groups is 1. The van der Waals surface area contributed by atoms with Crippen LogP contribution in [0.2, 0.25) is 0 Å². The van der Waals surface area contributed by atoms with Crippen molar-refractivity contribution in [3.63, 3.8) is 0 Å². The number of ether oxygens (including phenoxy) is 2. The fourth-order valence-electron chi connectivity index (χ4n) is 2.60. The molecular weight excluding hydrogens is 378 g/mol. The molecule has 3 rings (SSSR count). The van der Waals surface area contributed by atoms with Gasteiger partial charge in [-0.1, -0.05) is 54.3 Å². The lowest BCUT2D eigenvalue weighted by molar-refractivity contribution is -0.115. The first-order chi connectivity index (χ1) is 13.0. The summed E-state index contributed by atoms with van der Waals surface area (Å²) in [5.74, 6) is 1.49. The summed E-state index contributed by atoms with van der Waals surface area (Å²) in [6, 6.07) is 13.7. The number of nitrogens with one attached hydrogen (secondary N) is 1. The first kappa shape index (κ1) is 19.5. The van der Waals surface area contributed by atoms with Crippen molar-refractivity contribution < 1.29 is 14.3 Å². The van der Waals surface area contributed by atoms with Crippen LogP contribution < -0.4 is 14.8 Å². The molecule has 2 aromatic carbocycles. The minimum atomic E-state index is -0.165. The van der Waals surface area contributed by atoms with E-state index in [9.17, 15) is 4.79 Å². The van der Waals surface area contributed by atoms with E-state index < -0.39 is 0 Å². The summed E-state index contributed by atoms with van der Waals surface area (Å²) in [5.41, 5.74) is 3.25. The van der Waals surface area contributed by atoms with Gasteiger partial charge in [-0.2, -0.15) is 0 Å². The van der Waals surface area contributed by atoms with E-state index in [-0.39, 0.29) is 5.91 Å². The highest BCUT2D eigenvalue weighted by molar-refractivity contribution is 8.26. The Hall–Kier alpha value is -2.31. The van der Waals surface area contributed by atoms with Crippen molar-refractivity contribution in [2.75, 3.05) is 13.2 Å². The second-order valence-electron chi connectivity index (χ2n) is 6.14. The number of carbonyl (C=O) groups is 1. The number of hydrogen-bond acceptors (Lipinski definition) is 5. The van der Waals surface area contributed by atoms with Gasteiger partial charge in [-0.15, -0.1) is 0 Å². The van der Waals surface area contributed by atoms with Crippen LogP contribution in [0.3, 0.4) is 0 Å². The SMILES string of the molecule is Cc1cccc(OCCCOc2ccccc2/C=C2/SC(=S)NC2=O)c1C. The van der Waals surface area contributed by atoms with Gasteiger partial charge in [-0.3, -0.25) is 4.79 Å². The number of thioether (sulfide) groups is 1. The average Bonchev–Trinajstić information content (AvgIpc) is 2.96. The minimum absolute atomic E-state index is 0.165. The first-order valence-corrected chi connectivity index (χ1v) is 9.93. The Balaban J connectivity index is 1.54. The molecule has 0 aromatic heterocycles. The summed E-state index contributed by atoms with van der Waals surface area (Å²) in [5, 5.41) is 2.62. The lowest BCUT2D eigenvalue weighted by atomic mass is 10.1. The molecule has 0 radical (unpaired) electrons. The Morgan fingerprint density at radius 1 is 1.04 bits per heavy atom. The van der Waals surface area contributed by atoms with Gasteiger partial charge in [0.2, 0.25) is 0 Å². The van der Waals surface area contributed by atoms with Crippen molar-refractivity contribution in [2.24, 2.45) is 0 Å². The standard InChI is InChI=1S/C21H21NO3S2/c1-14-7-5-10-17(15(14)2)24-11-6-12-25-18-9-4-3-8-16(18)13-19-20(23)22-21(26)27-19/h3-5,7-10,13H,6,11-12H2,1-2H3,(H,22,23,26)/b19-13+. The van der Waals surface area contributed by atoms with E-state index in [1.165, 1.54) is 22.9 Å². The van der Waals surface area contributed by atoms with Crippen LogP contribution in [0.25, 0.3) is 6.08 Å². The van der Waals surface area contributed by atoms with Crippen LogP contribution in [-0.4, -0.2) is 23.4 Å². The molecule has 1 saturated heterocycles. The summed E-state index contributed by atoms with van der Waals surface area (Å²) < 4.78 is 12.2. The monoisotopic (exact) mass is 399 g/mol. The molecule has 6 heteroatoms. The van der Waals surface area contributed by atoms with Crippen LogP contribution in [-0.2, 0) is 4.79 Å². The van der Waals surface area contributed by atoms with Crippen LogP contribution in [0.4, 0.5) is 0 Å². The van der Waals surface area contributed by atoms with Crippen molar-refractivity contribution in [3.8, 4) is 11.5 Å². The van der Waals surface area contributed by atoms with Gasteiger partial charge in [0, 0.05) is 12.0 Å². The second kappa shape index (κ2) is 9.06. The maximum absolute atomic E-state index is 11.8. The van der Waals surface area contributed by atoms with Crippen molar-refractivity contribution >= 4 is 40.3 Å². The molecule has 1 aliphatic rings. The van der Waals surface area contributed by atoms with Crippen LogP contribution in [0.5, 0.6) is 11.5 Å². The quantitative estimate of drug-likeness (QED) is 0.418. The third-order valence-electron chi connectivity index (χ3n) is 4.21. The van der Waals surface area contributed by atoms with Gasteiger partial charge in [0.1, 0.15) is 15.8 Å². The molecule has 0 bridgehead atoms. The molecule has 1 N–H and O–H groups in total. The third kappa shape index (κ3) is 5.11. The zero-order chi connectivity index (χ0) is 19.2. The van der Waals surface area contributed by atoms with E-state index in [1.54, 1.807) is 6.08 Å². The second-order valence-corrected chi connectivity index (χ2v) is 7.86. The Morgan fingerprint density at radius 2 is 1.74 bits per heavy atom. The molecule has 1 heterocycles. The normalized spacial score (nSPS) is 15.1. The van der Waals surface area contributed by atoms with Crippen molar-refractivity contribution in [3.05, 3.63) is 64.1 Å². The summed E-state index contributed by atoms with van der Waals surface area (Å²) in [6.07, 6.45) is 2.57. The summed E-state index contributed by atoms with van der Waals surface area (Å²) in [4.78, 5) is 12.4. The third-order valence-corrected chi connectivity index (χ3v) is 5.37. The van der Waals surface area contributed by atoms with Crippen LogP contribution in [0.1, 0.15) is 23.1 Å². The Labute approximate surface area is 168 Å². The molecule has 0 unspecified atom stereocenters. The first-order valence-electron chi connectivity index (χ1n) is 8.70. The van der Waals surface area contributed by atoms with Gasteiger partial charge in [-0.05, 0) is 43.2 Å². The van der Waals surface area contributed by atoms with E-state index >= 15 is 0 Å². The van der Waals surface area contributed by atoms with Gasteiger partial charge in [0.15, 0.2) is 0 Å². The van der Waals surface area contributed by atoms with Gasteiger partial charge in [0.05, 0.1) is 18.1 Å². The topological polar surface area (TPSA) is 47.6 Å². The van der Waals surface area contributed by atoms with E-state index in [0.717, 1.165) is 23.5 Å². The number of rotatable bonds is 7. The highest BCUT2D eigenvalue weighted by Crippen LogP contribution is 2.29. The largest absolute Gasteiger partial charge is 0.493 e. The van der Waals surface area contributed by atoms with E-state index in [2.05, 4.69) is 25.2 Å². The molecular formula is C21H21NO3S2. The van der Waals surface area contributed by atoms with Gasteiger partial charge in [0.25, 0.3) is 5.91 Å². The number of carbonyl (C=O) groups excluding carboxylic acids is 1. The Bertz CT molecular complexity index is 893. The molecule has 2 aromatic rings. The highest BCUT2D eigenvalue weighted by Gasteiger charge is 2.22. The lowest BCUT2D eigenvalue weighted by Gasteiger charge is -2.12. The maximum Gasteiger partial charge on any atom is 0.263 e. The molecule has 4 nitrogen and oxygen atoms in total. The molecule has 1 fully saturated rings. The molecule has 1 aliphatic heterocycles. The van der Waals surface area contributed by atoms with Crippen LogP contribution in [0.15, 0.2) is 47.4 Å². The minimum Gasteiger partial charge on any atom is -0.493 e. The summed E-state index contributed by atoms with van der Waals surface area (Å²) in [6.45, 7) is 5.25. The number of benzene rings is 2. The molecule has 0 atom stereocenters. The molecule has 1 amide bonds.